The van der Waals surface area contributed by atoms with Crippen molar-refractivity contribution in [2.24, 2.45) is 5.41 Å². The van der Waals surface area contributed by atoms with E-state index in [4.69, 9.17) is 4.74 Å². The highest BCUT2D eigenvalue weighted by atomic mass is 16.5. The lowest BCUT2D eigenvalue weighted by Crippen LogP contribution is -2.23. The molecule has 0 amide bonds. The van der Waals surface area contributed by atoms with Crippen LogP contribution in [-0.4, -0.2) is 6.61 Å². The summed E-state index contributed by atoms with van der Waals surface area (Å²) >= 11 is 0. The molecule has 1 aromatic rings. The van der Waals surface area contributed by atoms with Crippen LogP contribution in [0.25, 0.3) is 0 Å². The second-order valence-electron chi connectivity index (χ2n) is 7.04. The Morgan fingerprint density at radius 2 is 1.71 bits per heavy atom. The number of unbranched alkanes of at least 4 members (excludes halogenated alkanes) is 2. The summed E-state index contributed by atoms with van der Waals surface area (Å²) in [5.74, 6) is 1.77. The molecule has 1 fully saturated rings. The van der Waals surface area contributed by atoms with Crippen LogP contribution in [0.1, 0.15) is 83.6 Å². The fourth-order valence-corrected chi connectivity index (χ4v) is 3.70. The van der Waals surface area contributed by atoms with Crippen molar-refractivity contribution in [2.45, 2.75) is 78.1 Å². The van der Waals surface area contributed by atoms with Crippen LogP contribution in [0.5, 0.6) is 5.75 Å². The summed E-state index contributed by atoms with van der Waals surface area (Å²) in [5.41, 5.74) is 2.12. The summed E-state index contributed by atoms with van der Waals surface area (Å²) in [7, 11) is 0. The van der Waals surface area contributed by atoms with Crippen LogP contribution < -0.4 is 4.74 Å². The lowest BCUT2D eigenvalue weighted by Gasteiger charge is -2.38. The van der Waals surface area contributed by atoms with Gasteiger partial charge in [0.15, 0.2) is 0 Å². The molecule has 1 aromatic carbocycles. The van der Waals surface area contributed by atoms with Crippen LogP contribution in [0.3, 0.4) is 0 Å². The summed E-state index contributed by atoms with van der Waals surface area (Å²) in [6.45, 7) is 7.59. The van der Waals surface area contributed by atoms with Gasteiger partial charge >= 0.3 is 0 Å². The molecule has 0 spiro atoms. The van der Waals surface area contributed by atoms with Crippen molar-refractivity contribution in [1.82, 2.24) is 0 Å². The van der Waals surface area contributed by atoms with Gasteiger partial charge in [-0.25, -0.2) is 0 Å². The zero-order valence-electron chi connectivity index (χ0n) is 14.2. The van der Waals surface area contributed by atoms with E-state index in [1.807, 2.05) is 6.92 Å². The normalized spacial score (nSPS) is 25.8. The van der Waals surface area contributed by atoms with Crippen LogP contribution >= 0.6 is 0 Å². The smallest absolute Gasteiger partial charge is 0.119 e. The third-order valence-electron chi connectivity index (χ3n) is 5.24. The minimum atomic E-state index is 0.608. The summed E-state index contributed by atoms with van der Waals surface area (Å²) in [5, 5.41) is 0. The molecule has 0 heterocycles. The van der Waals surface area contributed by atoms with E-state index in [-0.39, 0.29) is 0 Å². The Balaban J connectivity index is 1.85. The first-order valence-corrected chi connectivity index (χ1v) is 8.89. The highest BCUT2D eigenvalue weighted by Gasteiger charge is 2.30. The van der Waals surface area contributed by atoms with Crippen molar-refractivity contribution in [1.29, 1.82) is 0 Å². The molecule has 0 atom stereocenters. The van der Waals surface area contributed by atoms with Gasteiger partial charge in [-0.05, 0) is 68.1 Å². The van der Waals surface area contributed by atoms with Gasteiger partial charge in [-0.1, -0.05) is 45.2 Å². The molecule has 0 saturated heterocycles. The van der Waals surface area contributed by atoms with Crippen molar-refractivity contribution in [3.8, 4) is 5.75 Å². The zero-order valence-corrected chi connectivity index (χ0v) is 14.2. The summed E-state index contributed by atoms with van der Waals surface area (Å²) in [4.78, 5) is 0. The molecule has 1 nitrogen and oxygen atoms in total. The molecule has 0 N–H and O–H groups in total. The maximum absolute atomic E-state index is 5.54. The number of rotatable bonds is 7. The SMILES string of the molecule is CCCCC[C@]1(C)CC[C@H](c2ccc(OCC)cc2)CC1. The molecule has 1 saturated carbocycles. The molecule has 0 aromatic heterocycles. The van der Waals surface area contributed by atoms with Crippen molar-refractivity contribution in [3.05, 3.63) is 29.8 Å². The number of hydrogen-bond donors (Lipinski definition) is 0. The van der Waals surface area contributed by atoms with Gasteiger partial charge in [0.2, 0.25) is 0 Å². The fourth-order valence-electron chi connectivity index (χ4n) is 3.70. The molecule has 0 aliphatic heterocycles. The first kappa shape index (κ1) is 16.4. The molecular weight excluding hydrogens is 256 g/mol. The van der Waals surface area contributed by atoms with E-state index < -0.39 is 0 Å². The molecule has 0 unspecified atom stereocenters. The topological polar surface area (TPSA) is 9.23 Å². The van der Waals surface area contributed by atoms with E-state index in [0.29, 0.717) is 5.41 Å². The molecular formula is C20H32O. The monoisotopic (exact) mass is 288 g/mol. The Morgan fingerprint density at radius 3 is 2.29 bits per heavy atom. The Hall–Kier alpha value is -0.980. The van der Waals surface area contributed by atoms with Gasteiger partial charge in [-0.2, -0.15) is 0 Å². The molecule has 1 aliphatic carbocycles. The van der Waals surface area contributed by atoms with Crippen LogP contribution in [-0.2, 0) is 0 Å². The molecule has 0 bridgehead atoms. The van der Waals surface area contributed by atoms with E-state index in [2.05, 4.69) is 38.1 Å². The molecule has 2 rings (SSSR count). The molecule has 118 valence electrons. The molecule has 1 heteroatoms. The predicted molar refractivity (Wildman–Crippen MR) is 91.1 cm³/mol. The van der Waals surface area contributed by atoms with Crippen molar-refractivity contribution < 1.29 is 4.74 Å². The lowest BCUT2D eigenvalue weighted by atomic mass is 9.68. The zero-order chi connectivity index (χ0) is 15.1. The molecule has 21 heavy (non-hydrogen) atoms. The highest BCUT2D eigenvalue weighted by Crippen LogP contribution is 2.45. The van der Waals surface area contributed by atoms with E-state index in [1.54, 1.807) is 0 Å². The molecule has 0 radical (unpaired) electrons. The lowest BCUT2D eigenvalue weighted by molar-refractivity contribution is 0.178. The summed E-state index contributed by atoms with van der Waals surface area (Å²) in [6, 6.07) is 8.81. The second kappa shape index (κ2) is 7.87. The standard InChI is InChI=1S/C20H32O/c1-4-6-7-14-20(3)15-12-18(13-16-20)17-8-10-19(11-9-17)21-5-2/h8-11,18H,4-7,12-16H2,1-3H3/t18-,20+. The van der Waals surface area contributed by atoms with Gasteiger partial charge in [0.25, 0.3) is 0 Å². The molecule has 1 aliphatic rings. The maximum Gasteiger partial charge on any atom is 0.119 e. The quantitative estimate of drug-likeness (QED) is 0.533. The van der Waals surface area contributed by atoms with Crippen LogP contribution in [0, 0.1) is 5.41 Å². The number of benzene rings is 1. The van der Waals surface area contributed by atoms with Crippen molar-refractivity contribution in [3.63, 3.8) is 0 Å². The second-order valence-corrected chi connectivity index (χ2v) is 7.04. The minimum absolute atomic E-state index is 0.608. The van der Waals surface area contributed by atoms with Gasteiger partial charge < -0.3 is 4.74 Å². The Labute approximate surface area is 131 Å². The first-order chi connectivity index (χ1) is 10.2. The van der Waals surface area contributed by atoms with Gasteiger partial charge in [-0.15, -0.1) is 0 Å². The minimum Gasteiger partial charge on any atom is -0.494 e. The van der Waals surface area contributed by atoms with Crippen molar-refractivity contribution in [2.75, 3.05) is 6.61 Å². The third-order valence-corrected chi connectivity index (χ3v) is 5.24. The van der Waals surface area contributed by atoms with Crippen molar-refractivity contribution >= 4 is 0 Å². The van der Waals surface area contributed by atoms with Crippen LogP contribution in [0.2, 0.25) is 0 Å². The van der Waals surface area contributed by atoms with Gasteiger partial charge in [0, 0.05) is 0 Å². The van der Waals surface area contributed by atoms with Gasteiger partial charge in [0.1, 0.15) is 5.75 Å². The van der Waals surface area contributed by atoms with Gasteiger partial charge in [0.05, 0.1) is 6.61 Å². The Morgan fingerprint density at radius 1 is 1.05 bits per heavy atom. The number of hydrogen-bond acceptors (Lipinski definition) is 1. The van der Waals surface area contributed by atoms with Gasteiger partial charge in [-0.3, -0.25) is 0 Å². The summed E-state index contributed by atoms with van der Waals surface area (Å²) < 4.78 is 5.54. The number of ether oxygens (including phenoxy) is 1. The van der Waals surface area contributed by atoms with E-state index in [1.165, 1.54) is 56.9 Å². The fraction of sp³-hybridized carbons (Fsp3) is 0.700. The highest BCUT2D eigenvalue weighted by molar-refractivity contribution is 5.29. The first-order valence-electron chi connectivity index (χ1n) is 8.89. The Bertz CT molecular complexity index is 398. The van der Waals surface area contributed by atoms with Crippen LogP contribution in [0.15, 0.2) is 24.3 Å². The predicted octanol–water partition coefficient (Wildman–Crippen LogP) is 6.33. The van der Waals surface area contributed by atoms with Crippen LogP contribution in [0.4, 0.5) is 0 Å². The van der Waals surface area contributed by atoms with E-state index in [0.717, 1.165) is 18.3 Å². The largest absolute Gasteiger partial charge is 0.494 e. The van der Waals surface area contributed by atoms with E-state index >= 15 is 0 Å². The summed E-state index contributed by atoms with van der Waals surface area (Å²) in [6.07, 6.45) is 11.1. The van der Waals surface area contributed by atoms with E-state index in [9.17, 15) is 0 Å². The maximum atomic E-state index is 5.54. The average Bonchev–Trinajstić information content (AvgIpc) is 2.50. The third kappa shape index (κ3) is 4.76. The Kier molecular flexibility index (Phi) is 6.14. The average molecular weight is 288 g/mol.